The number of methoxy groups -OCH3 is 1. The van der Waals surface area contributed by atoms with Crippen molar-refractivity contribution in [2.24, 2.45) is 0 Å². The quantitative estimate of drug-likeness (QED) is 0.799. The monoisotopic (exact) mass is 326 g/mol. The summed E-state index contributed by atoms with van der Waals surface area (Å²) in [6.07, 6.45) is 0. The van der Waals surface area contributed by atoms with E-state index in [1.807, 2.05) is 19.1 Å². The number of oxazole rings is 1. The Morgan fingerprint density at radius 2 is 2.00 bits per heavy atom. The first-order valence-corrected chi connectivity index (χ1v) is 7.57. The van der Waals surface area contributed by atoms with Crippen LogP contribution in [0.4, 0.5) is 5.69 Å². The molecule has 0 aliphatic heterocycles. The molecule has 1 amide bonds. The fourth-order valence-electron chi connectivity index (χ4n) is 2.62. The number of carbonyl (C=O) groups is 1. The van der Waals surface area contributed by atoms with Crippen molar-refractivity contribution in [3.8, 4) is 5.75 Å². The topological polar surface area (TPSA) is 73.5 Å². The number of hydrogen-bond donors (Lipinski definition) is 1. The number of benzene rings is 2. The maximum Gasteiger partial charge on any atom is 0.420 e. The van der Waals surface area contributed by atoms with E-state index >= 15 is 0 Å². The van der Waals surface area contributed by atoms with Gasteiger partial charge in [-0.3, -0.25) is 9.36 Å². The van der Waals surface area contributed by atoms with Crippen molar-refractivity contribution in [1.82, 2.24) is 4.57 Å². The second-order valence-electron chi connectivity index (χ2n) is 5.57. The Balaban J connectivity index is 1.94. The molecule has 0 saturated heterocycles. The highest BCUT2D eigenvalue weighted by Gasteiger charge is 2.22. The first-order valence-electron chi connectivity index (χ1n) is 7.57. The van der Waals surface area contributed by atoms with Gasteiger partial charge in [-0.2, -0.15) is 0 Å². The summed E-state index contributed by atoms with van der Waals surface area (Å²) in [4.78, 5) is 24.7. The molecule has 1 atom stereocenters. The van der Waals surface area contributed by atoms with Crippen LogP contribution in [0.25, 0.3) is 11.1 Å². The number of hydrogen-bond acceptors (Lipinski definition) is 4. The van der Waals surface area contributed by atoms with Gasteiger partial charge in [-0.25, -0.2) is 4.79 Å². The Kier molecular flexibility index (Phi) is 4.12. The average Bonchev–Trinajstić information content (AvgIpc) is 2.90. The molecule has 3 rings (SSSR count). The highest BCUT2D eigenvalue weighted by atomic mass is 16.5. The molecular weight excluding hydrogens is 308 g/mol. The fraction of sp³-hybridized carbons (Fsp3) is 0.222. The van der Waals surface area contributed by atoms with E-state index in [2.05, 4.69) is 5.32 Å². The van der Waals surface area contributed by atoms with Gasteiger partial charge >= 0.3 is 5.76 Å². The predicted octanol–water partition coefficient (Wildman–Crippen LogP) is 3.11. The highest BCUT2D eigenvalue weighted by Crippen LogP contribution is 2.26. The van der Waals surface area contributed by atoms with E-state index < -0.39 is 11.8 Å². The van der Waals surface area contributed by atoms with E-state index in [1.54, 1.807) is 37.3 Å². The molecule has 124 valence electrons. The molecule has 0 aliphatic carbocycles. The van der Waals surface area contributed by atoms with Crippen LogP contribution in [0.5, 0.6) is 5.75 Å². The SMILES string of the molecule is COc1ccc(C)cc1NC(=O)C(C)n1c(=O)oc2ccccc21. The molecule has 24 heavy (non-hydrogen) atoms. The van der Waals surface area contributed by atoms with Gasteiger partial charge in [0.15, 0.2) is 5.58 Å². The molecule has 2 aromatic carbocycles. The van der Waals surface area contributed by atoms with Gasteiger partial charge in [0.05, 0.1) is 18.3 Å². The number of rotatable bonds is 4. The van der Waals surface area contributed by atoms with Crippen LogP contribution < -0.4 is 15.8 Å². The van der Waals surface area contributed by atoms with Crippen molar-refractivity contribution in [3.63, 3.8) is 0 Å². The third kappa shape index (κ3) is 2.78. The number of para-hydroxylation sites is 2. The smallest absolute Gasteiger partial charge is 0.420 e. The van der Waals surface area contributed by atoms with Crippen LogP contribution >= 0.6 is 0 Å². The third-order valence-electron chi connectivity index (χ3n) is 3.90. The lowest BCUT2D eigenvalue weighted by Crippen LogP contribution is -2.29. The number of fused-ring (bicyclic) bond motifs is 1. The van der Waals surface area contributed by atoms with Crippen LogP contribution in [-0.4, -0.2) is 17.6 Å². The second-order valence-corrected chi connectivity index (χ2v) is 5.57. The molecule has 6 heteroatoms. The molecule has 0 radical (unpaired) electrons. The lowest BCUT2D eigenvalue weighted by atomic mass is 10.2. The Hall–Kier alpha value is -3.02. The van der Waals surface area contributed by atoms with Crippen LogP contribution in [0.3, 0.4) is 0 Å². The molecular formula is C18H18N2O4. The zero-order chi connectivity index (χ0) is 17.3. The summed E-state index contributed by atoms with van der Waals surface area (Å²) in [5.41, 5.74) is 2.59. The third-order valence-corrected chi connectivity index (χ3v) is 3.90. The van der Waals surface area contributed by atoms with Crippen LogP contribution in [0.2, 0.25) is 0 Å². The van der Waals surface area contributed by atoms with Crippen molar-refractivity contribution in [2.45, 2.75) is 19.9 Å². The van der Waals surface area contributed by atoms with Crippen molar-refractivity contribution >= 4 is 22.7 Å². The van der Waals surface area contributed by atoms with Gasteiger partial charge in [-0.15, -0.1) is 0 Å². The van der Waals surface area contributed by atoms with E-state index in [9.17, 15) is 9.59 Å². The molecule has 1 N–H and O–H groups in total. The normalized spacial score (nSPS) is 12.1. The molecule has 1 unspecified atom stereocenters. The van der Waals surface area contributed by atoms with Crippen molar-refractivity contribution in [3.05, 3.63) is 58.6 Å². The minimum Gasteiger partial charge on any atom is -0.495 e. The van der Waals surface area contributed by atoms with Crippen LogP contribution in [0, 0.1) is 6.92 Å². The summed E-state index contributed by atoms with van der Waals surface area (Å²) in [7, 11) is 1.54. The second kappa shape index (κ2) is 6.23. The number of nitrogens with one attached hydrogen (secondary N) is 1. The van der Waals surface area contributed by atoms with Crippen molar-refractivity contribution < 1.29 is 13.9 Å². The molecule has 0 aliphatic rings. The fourth-order valence-corrected chi connectivity index (χ4v) is 2.62. The molecule has 1 heterocycles. The number of carbonyl (C=O) groups excluding carboxylic acids is 1. The van der Waals surface area contributed by atoms with Crippen LogP contribution in [0.1, 0.15) is 18.5 Å². The molecule has 0 bridgehead atoms. The highest BCUT2D eigenvalue weighted by molar-refractivity contribution is 5.95. The van der Waals surface area contributed by atoms with E-state index in [4.69, 9.17) is 9.15 Å². The standard InChI is InChI=1S/C18H18N2O4/c1-11-8-9-15(23-3)13(10-11)19-17(21)12(2)20-14-6-4-5-7-16(14)24-18(20)22/h4-10,12H,1-3H3,(H,19,21). The van der Waals surface area contributed by atoms with Crippen LogP contribution in [-0.2, 0) is 4.79 Å². The van der Waals surface area contributed by atoms with Crippen molar-refractivity contribution in [1.29, 1.82) is 0 Å². The number of anilines is 1. The summed E-state index contributed by atoms with van der Waals surface area (Å²) in [6.45, 7) is 3.58. The van der Waals surface area contributed by atoms with Gasteiger partial charge in [-0.1, -0.05) is 18.2 Å². The summed E-state index contributed by atoms with van der Waals surface area (Å²) in [5.74, 6) is -0.326. The minimum absolute atomic E-state index is 0.326. The van der Waals surface area contributed by atoms with Gasteiger partial charge in [0.1, 0.15) is 11.8 Å². The molecule has 3 aromatic rings. The maximum absolute atomic E-state index is 12.6. The Morgan fingerprint density at radius 1 is 1.25 bits per heavy atom. The Morgan fingerprint density at radius 3 is 2.75 bits per heavy atom. The number of aryl methyl sites for hydroxylation is 1. The first-order chi connectivity index (χ1) is 11.5. The van der Waals surface area contributed by atoms with Crippen molar-refractivity contribution in [2.75, 3.05) is 12.4 Å². The number of nitrogens with zero attached hydrogens (tertiary/aromatic N) is 1. The Labute approximate surface area is 138 Å². The first kappa shape index (κ1) is 15.9. The molecule has 0 saturated carbocycles. The van der Waals surface area contributed by atoms with Crippen LogP contribution in [0.15, 0.2) is 51.7 Å². The lowest BCUT2D eigenvalue weighted by Gasteiger charge is -2.15. The maximum atomic E-state index is 12.6. The van der Waals surface area contributed by atoms with Gasteiger partial charge in [0.2, 0.25) is 5.91 Å². The average molecular weight is 326 g/mol. The van der Waals surface area contributed by atoms with Gasteiger partial charge in [0.25, 0.3) is 0 Å². The lowest BCUT2D eigenvalue weighted by molar-refractivity contribution is -0.118. The summed E-state index contributed by atoms with van der Waals surface area (Å²) < 4.78 is 11.8. The zero-order valence-corrected chi connectivity index (χ0v) is 13.7. The van der Waals surface area contributed by atoms with E-state index in [0.29, 0.717) is 22.5 Å². The van der Waals surface area contributed by atoms with E-state index in [0.717, 1.165) is 5.56 Å². The van der Waals surface area contributed by atoms with Gasteiger partial charge in [0, 0.05) is 0 Å². The summed E-state index contributed by atoms with van der Waals surface area (Å²) >= 11 is 0. The molecule has 0 spiro atoms. The van der Waals surface area contributed by atoms with Gasteiger partial charge in [-0.05, 0) is 43.7 Å². The molecule has 0 fully saturated rings. The number of ether oxygens (including phenoxy) is 1. The number of aromatic nitrogens is 1. The Bertz CT molecular complexity index is 955. The van der Waals surface area contributed by atoms with E-state index in [-0.39, 0.29) is 5.91 Å². The van der Waals surface area contributed by atoms with E-state index in [1.165, 1.54) is 11.7 Å². The number of amides is 1. The zero-order valence-electron chi connectivity index (χ0n) is 13.7. The predicted molar refractivity (Wildman–Crippen MR) is 91.5 cm³/mol. The molecule has 1 aromatic heterocycles. The molecule has 6 nitrogen and oxygen atoms in total. The minimum atomic E-state index is -0.730. The largest absolute Gasteiger partial charge is 0.495 e. The summed E-state index contributed by atoms with van der Waals surface area (Å²) in [5, 5.41) is 2.82. The van der Waals surface area contributed by atoms with Gasteiger partial charge < -0.3 is 14.5 Å². The summed E-state index contributed by atoms with van der Waals surface area (Å²) in [6, 6.07) is 11.8.